The summed E-state index contributed by atoms with van der Waals surface area (Å²) in [5, 5.41) is 0. The number of imidazole rings is 1. The van der Waals surface area contributed by atoms with E-state index in [1.165, 1.54) is 0 Å². The van der Waals surface area contributed by atoms with Crippen molar-refractivity contribution in [2.75, 3.05) is 0 Å². The van der Waals surface area contributed by atoms with E-state index in [2.05, 4.69) is 15.0 Å². The Hall–Kier alpha value is -1.01. The number of hydrogen-bond acceptors (Lipinski definition) is 3. The number of aromatic nitrogens is 4. The van der Waals surface area contributed by atoms with Gasteiger partial charge in [0.15, 0.2) is 10.4 Å². The van der Waals surface area contributed by atoms with E-state index in [-0.39, 0.29) is 0 Å². The molecule has 2 heterocycles. The second kappa shape index (κ2) is 2.74. The van der Waals surface area contributed by atoms with Gasteiger partial charge in [0.1, 0.15) is 16.0 Å². The smallest absolute Gasteiger partial charge is 0.177 e. The van der Waals surface area contributed by atoms with Crippen LogP contribution in [0.2, 0.25) is 0 Å². The number of rotatable bonds is 0. The minimum Gasteiger partial charge on any atom is -0.328 e. The minimum atomic E-state index is 0.510. The topological polar surface area (TPSA) is 49.4 Å². The lowest BCUT2D eigenvalue weighted by Gasteiger charge is -1.95. The Balaban J connectivity index is 3.12. The van der Waals surface area contributed by atoms with Gasteiger partial charge in [-0.2, -0.15) is 0 Å². The Kier molecular flexibility index (Phi) is 1.81. The summed E-state index contributed by atoms with van der Waals surface area (Å²) in [6.45, 7) is 1.92. The minimum absolute atomic E-state index is 0.510. The lowest BCUT2D eigenvalue weighted by atomic mass is 10.5. The highest BCUT2D eigenvalue weighted by molar-refractivity contribution is 7.72. The predicted octanol–water partition coefficient (Wildman–Crippen LogP) is 2.00. The van der Waals surface area contributed by atoms with Crippen LogP contribution in [-0.4, -0.2) is 19.5 Å². The summed E-state index contributed by atoms with van der Waals surface area (Å²) in [6.07, 6.45) is 0. The first-order valence-corrected chi connectivity index (χ1v) is 4.57. The maximum atomic E-state index is 5.14. The molecule has 0 fully saturated rings. The number of nitrogens with one attached hydrogen (secondary N) is 2. The SMILES string of the molecule is Cc1nc2[nH]c(=S)[nH]c(=S)c2n1C. The van der Waals surface area contributed by atoms with Crippen molar-refractivity contribution < 1.29 is 0 Å². The van der Waals surface area contributed by atoms with E-state index in [4.69, 9.17) is 24.4 Å². The van der Waals surface area contributed by atoms with Gasteiger partial charge in [0.2, 0.25) is 0 Å². The van der Waals surface area contributed by atoms with Crippen molar-refractivity contribution in [2.24, 2.45) is 7.05 Å². The number of hydrogen-bond donors (Lipinski definition) is 2. The zero-order valence-corrected chi connectivity index (χ0v) is 8.84. The van der Waals surface area contributed by atoms with Crippen LogP contribution in [0, 0.1) is 16.3 Å². The molecule has 0 atom stereocenters. The molecule has 0 bridgehead atoms. The van der Waals surface area contributed by atoms with Gasteiger partial charge in [0.05, 0.1) is 0 Å². The van der Waals surface area contributed by atoms with Crippen molar-refractivity contribution in [3.05, 3.63) is 15.2 Å². The molecule has 0 saturated heterocycles. The number of fused-ring (bicyclic) bond motifs is 1. The maximum Gasteiger partial charge on any atom is 0.177 e. The van der Waals surface area contributed by atoms with Crippen molar-refractivity contribution in [3.8, 4) is 0 Å². The molecule has 2 aromatic rings. The molecular formula is C7H8N4S2. The molecule has 0 amide bonds. The molecule has 0 aliphatic carbocycles. The van der Waals surface area contributed by atoms with Crippen molar-refractivity contribution in [2.45, 2.75) is 6.92 Å². The normalized spacial score (nSPS) is 10.9. The van der Waals surface area contributed by atoms with Crippen LogP contribution in [0.15, 0.2) is 0 Å². The first-order chi connectivity index (χ1) is 6.09. The highest BCUT2D eigenvalue weighted by Crippen LogP contribution is 2.11. The highest BCUT2D eigenvalue weighted by Gasteiger charge is 2.05. The molecular weight excluding hydrogens is 204 g/mol. The molecule has 2 aromatic heterocycles. The first kappa shape index (κ1) is 8.58. The fourth-order valence-corrected chi connectivity index (χ4v) is 1.86. The van der Waals surface area contributed by atoms with Crippen LogP contribution < -0.4 is 0 Å². The Labute approximate surface area is 84.6 Å². The van der Waals surface area contributed by atoms with Crippen LogP contribution >= 0.6 is 24.4 Å². The number of aromatic amines is 2. The Morgan fingerprint density at radius 2 is 2.00 bits per heavy atom. The molecule has 68 valence electrons. The molecule has 2 N–H and O–H groups in total. The van der Waals surface area contributed by atoms with E-state index < -0.39 is 0 Å². The lowest BCUT2D eigenvalue weighted by molar-refractivity contribution is 0.883. The highest BCUT2D eigenvalue weighted by atomic mass is 32.1. The van der Waals surface area contributed by atoms with Gasteiger partial charge in [-0.25, -0.2) is 4.98 Å². The molecule has 0 saturated carbocycles. The second-order valence-corrected chi connectivity index (χ2v) is 3.64. The summed E-state index contributed by atoms with van der Waals surface area (Å²) in [5.41, 5.74) is 1.63. The summed E-state index contributed by atoms with van der Waals surface area (Å²) in [6, 6.07) is 0. The number of aryl methyl sites for hydroxylation is 2. The average molecular weight is 212 g/mol. The van der Waals surface area contributed by atoms with Gasteiger partial charge in [-0.3, -0.25) is 0 Å². The van der Waals surface area contributed by atoms with Crippen LogP contribution in [0.3, 0.4) is 0 Å². The molecule has 0 aliphatic rings. The fourth-order valence-electron chi connectivity index (χ4n) is 1.26. The van der Waals surface area contributed by atoms with E-state index in [1.807, 2.05) is 18.5 Å². The monoisotopic (exact) mass is 212 g/mol. The average Bonchev–Trinajstić information content (AvgIpc) is 2.27. The van der Waals surface area contributed by atoms with Gasteiger partial charge in [0.25, 0.3) is 0 Å². The van der Waals surface area contributed by atoms with E-state index in [0.29, 0.717) is 9.41 Å². The summed E-state index contributed by atoms with van der Waals surface area (Å²) >= 11 is 10.1. The lowest BCUT2D eigenvalue weighted by Crippen LogP contribution is -1.92. The van der Waals surface area contributed by atoms with E-state index in [1.54, 1.807) is 0 Å². The van der Waals surface area contributed by atoms with Gasteiger partial charge in [-0.05, 0) is 19.1 Å². The molecule has 0 radical (unpaired) electrons. The molecule has 13 heavy (non-hydrogen) atoms. The maximum absolute atomic E-state index is 5.14. The molecule has 0 aliphatic heterocycles. The van der Waals surface area contributed by atoms with Crippen molar-refractivity contribution in [3.63, 3.8) is 0 Å². The molecule has 0 unspecified atom stereocenters. The quantitative estimate of drug-likeness (QED) is 0.657. The van der Waals surface area contributed by atoms with Gasteiger partial charge < -0.3 is 14.5 Å². The third-order valence-corrected chi connectivity index (χ3v) is 2.49. The van der Waals surface area contributed by atoms with Gasteiger partial charge in [0, 0.05) is 7.05 Å². The zero-order chi connectivity index (χ0) is 9.59. The Morgan fingerprint density at radius 1 is 1.31 bits per heavy atom. The van der Waals surface area contributed by atoms with Gasteiger partial charge in [-0.15, -0.1) is 0 Å². The van der Waals surface area contributed by atoms with E-state index in [9.17, 15) is 0 Å². The summed E-state index contributed by atoms with van der Waals surface area (Å²) in [5.74, 6) is 0.909. The van der Waals surface area contributed by atoms with Gasteiger partial charge in [-0.1, -0.05) is 12.2 Å². The standard InChI is InChI=1S/C7H8N4S2/c1-3-8-5-4(11(3)2)6(12)10-7(13)9-5/h1-2H3,(H2,9,10,12,13). The van der Waals surface area contributed by atoms with Crippen LogP contribution in [0.25, 0.3) is 11.2 Å². The summed E-state index contributed by atoms with van der Waals surface area (Å²) in [4.78, 5) is 10.1. The zero-order valence-electron chi connectivity index (χ0n) is 7.21. The van der Waals surface area contributed by atoms with Crippen molar-refractivity contribution in [1.82, 2.24) is 19.5 Å². The Morgan fingerprint density at radius 3 is 2.69 bits per heavy atom. The van der Waals surface area contributed by atoms with E-state index in [0.717, 1.165) is 17.0 Å². The third-order valence-electron chi connectivity index (χ3n) is 1.99. The van der Waals surface area contributed by atoms with Gasteiger partial charge >= 0.3 is 0 Å². The molecule has 0 spiro atoms. The summed E-state index contributed by atoms with van der Waals surface area (Å²) in [7, 11) is 1.92. The second-order valence-electron chi connectivity index (χ2n) is 2.82. The Bertz CT molecular complexity index is 574. The number of nitrogens with zero attached hydrogens (tertiary/aromatic N) is 2. The van der Waals surface area contributed by atoms with Crippen LogP contribution in [-0.2, 0) is 7.05 Å². The van der Waals surface area contributed by atoms with E-state index >= 15 is 0 Å². The molecule has 4 nitrogen and oxygen atoms in total. The van der Waals surface area contributed by atoms with Crippen LogP contribution in [0.1, 0.15) is 5.82 Å². The molecule has 2 rings (SSSR count). The summed E-state index contributed by atoms with van der Waals surface area (Å²) < 4.78 is 3.07. The molecule has 0 aromatic carbocycles. The van der Waals surface area contributed by atoms with Crippen LogP contribution in [0.4, 0.5) is 0 Å². The fraction of sp³-hybridized carbons (Fsp3) is 0.286. The first-order valence-electron chi connectivity index (χ1n) is 3.75. The largest absolute Gasteiger partial charge is 0.328 e. The van der Waals surface area contributed by atoms with Crippen molar-refractivity contribution >= 4 is 35.6 Å². The predicted molar refractivity (Wildman–Crippen MR) is 55.8 cm³/mol. The number of H-pyrrole nitrogens is 2. The molecule has 6 heteroatoms. The van der Waals surface area contributed by atoms with Crippen molar-refractivity contribution in [1.29, 1.82) is 0 Å². The third kappa shape index (κ3) is 1.22. The van der Waals surface area contributed by atoms with Crippen LogP contribution in [0.5, 0.6) is 0 Å².